The third-order valence-electron chi connectivity index (χ3n) is 1.12. The second-order valence-corrected chi connectivity index (χ2v) is 3.29. The van der Waals surface area contributed by atoms with E-state index in [-0.39, 0.29) is 0 Å². The van der Waals surface area contributed by atoms with E-state index in [2.05, 4.69) is 23.0 Å². The van der Waals surface area contributed by atoms with E-state index in [1.807, 2.05) is 6.92 Å². The van der Waals surface area contributed by atoms with Gasteiger partial charge in [0, 0.05) is 5.71 Å². The highest BCUT2D eigenvalue weighted by atomic mass is 32.2. The minimum absolute atomic E-state index is 0.791. The van der Waals surface area contributed by atoms with Gasteiger partial charge in [0.2, 0.25) is 0 Å². The first-order chi connectivity index (χ1) is 4.79. The maximum atomic E-state index is 4.07. The van der Waals surface area contributed by atoms with Crippen molar-refractivity contribution in [2.24, 2.45) is 9.98 Å². The molecule has 54 valence electrons. The summed E-state index contributed by atoms with van der Waals surface area (Å²) in [4.78, 5) is 9.39. The lowest BCUT2D eigenvalue weighted by Crippen LogP contribution is -1.90. The molecule has 0 bridgehead atoms. The molecule has 2 nitrogen and oxygen atoms in total. The van der Waals surface area contributed by atoms with Crippen LogP contribution in [0.2, 0.25) is 0 Å². The average molecular weight is 154 g/mol. The van der Waals surface area contributed by atoms with Crippen LogP contribution in [0.15, 0.2) is 21.0 Å². The molecule has 0 radical (unpaired) electrons. The molecule has 0 spiro atoms. The monoisotopic (exact) mass is 154 g/mol. The van der Waals surface area contributed by atoms with Gasteiger partial charge in [0.25, 0.3) is 0 Å². The highest BCUT2D eigenvalue weighted by Gasteiger charge is 1.92. The van der Waals surface area contributed by atoms with E-state index in [1.54, 1.807) is 18.1 Å². The van der Waals surface area contributed by atoms with Crippen molar-refractivity contribution in [3.05, 3.63) is 11.0 Å². The molecule has 1 aliphatic rings. The summed E-state index contributed by atoms with van der Waals surface area (Å²) in [7, 11) is 0. The third-order valence-corrected chi connectivity index (χ3v) is 1.97. The van der Waals surface area contributed by atoms with Gasteiger partial charge in [-0.3, -0.25) is 4.99 Å². The van der Waals surface area contributed by atoms with Gasteiger partial charge in [-0.15, -0.1) is 11.8 Å². The van der Waals surface area contributed by atoms with Gasteiger partial charge in [-0.05, 0) is 24.8 Å². The molecule has 3 heteroatoms. The average Bonchev–Trinajstić information content (AvgIpc) is 1.83. The lowest BCUT2D eigenvalue weighted by atomic mass is 10.4. The van der Waals surface area contributed by atoms with E-state index in [9.17, 15) is 0 Å². The van der Waals surface area contributed by atoms with Crippen LogP contribution in [0.5, 0.6) is 0 Å². The van der Waals surface area contributed by atoms with Crippen LogP contribution in [-0.4, -0.2) is 17.9 Å². The van der Waals surface area contributed by atoms with Gasteiger partial charge in [0.05, 0.1) is 5.88 Å². The summed E-state index contributed by atoms with van der Waals surface area (Å²) in [5.41, 5.74) is 1.02. The topological polar surface area (TPSA) is 24.7 Å². The van der Waals surface area contributed by atoms with Crippen molar-refractivity contribution in [2.75, 3.05) is 5.88 Å². The lowest BCUT2D eigenvalue weighted by molar-refractivity contribution is 1.37. The van der Waals surface area contributed by atoms with Crippen LogP contribution >= 0.6 is 11.8 Å². The van der Waals surface area contributed by atoms with Crippen LogP contribution in [0.4, 0.5) is 0 Å². The highest BCUT2D eigenvalue weighted by Crippen LogP contribution is 2.15. The van der Waals surface area contributed by atoms with Gasteiger partial charge in [0.15, 0.2) is 0 Å². The van der Waals surface area contributed by atoms with Crippen molar-refractivity contribution in [1.82, 2.24) is 0 Å². The number of hydrogen-bond donors (Lipinski definition) is 0. The second-order valence-electron chi connectivity index (χ2n) is 2.10. The second kappa shape index (κ2) is 3.56. The fraction of sp³-hybridized carbons (Fsp3) is 0.429. The van der Waals surface area contributed by atoms with Crippen molar-refractivity contribution < 1.29 is 0 Å². The van der Waals surface area contributed by atoms with Crippen molar-refractivity contribution in [3.8, 4) is 0 Å². The van der Waals surface area contributed by atoms with Gasteiger partial charge < -0.3 is 0 Å². The number of rotatable bonds is 0. The zero-order valence-electron chi connectivity index (χ0n) is 6.16. The molecule has 10 heavy (non-hydrogen) atoms. The summed E-state index contributed by atoms with van der Waals surface area (Å²) in [6.07, 6.45) is 3.68. The molecule has 0 amide bonds. The van der Waals surface area contributed by atoms with Crippen LogP contribution in [-0.2, 0) is 0 Å². The number of thioether (sulfide) groups is 1. The zero-order chi connectivity index (χ0) is 7.40. The van der Waals surface area contributed by atoms with Gasteiger partial charge in [-0.25, -0.2) is 4.99 Å². The van der Waals surface area contributed by atoms with E-state index in [1.165, 1.54) is 4.91 Å². The summed E-state index contributed by atoms with van der Waals surface area (Å²) >= 11 is 1.74. The Morgan fingerprint density at radius 2 is 2.30 bits per heavy atom. The third kappa shape index (κ3) is 2.35. The summed E-state index contributed by atoms with van der Waals surface area (Å²) in [5, 5.41) is 0. The molecule has 0 saturated heterocycles. The van der Waals surface area contributed by atoms with Crippen LogP contribution in [0, 0.1) is 0 Å². The first kappa shape index (κ1) is 7.54. The molecule has 0 saturated carbocycles. The van der Waals surface area contributed by atoms with E-state index in [0.29, 0.717) is 0 Å². The SMILES string of the molecule is C/C1=C/C(C)=N/C=N\CS1. The molecule has 1 aliphatic heterocycles. The molecular formula is C7H10N2S. The molecule has 0 aliphatic carbocycles. The first-order valence-corrected chi connectivity index (χ1v) is 4.11. The van der Waals surface area contributed by atoms with Gasteiger partial charge in [-0.1, -0.05) is 0 Å². The Balaban J connectivity index is 2.77. The highest BCUT2D eigenvalue weighted by molar-refractivity contribution is 8.03. The molecule has 0 fully saturated rings. The Morgan fingerprint density at radius 3 is 3.10 bits per heavy atom. The Bertz CT molecular complexity index is 204. The fourth-order valence-corrected chi connectivity index (χ4v) is 1.28. The molecule has 0 aromatic heterocycles. The van der Waals surface area contributed by atoms with Crippen molar-refractivity contribution >= 4 is 23.8 Å². The van der Waals surface area contributed by atoms with Crippen LogP contribution in [0.3, 0.4) is 0 Å². The molecule has 0 unspecified atom stereocenters. The van der Waals surface area contributed by atoms with Crippen molar-refractivity contribution in [3.63, 3.8) is 0 Å². The Labute approximate surface area is 65.1 Å². The standard InChI is InChI=1S/C7H10N2S/c1-6-3-7(2)10-5-8-4-9-6/h3-4H,5H2,1-2H3/b7-3-,8-4-,9-6+. The smallest absolute Gasteiger partial charge is 0.111 e. The summed E-state index contributed by atoms with van der Waals surface area (Å²) < 4.78 is 0. The largest absolute Gasteiger partial charge is 0.262 e. The van der Waals surface area contributed by atoms with Gasteiger partial charge >= 0.3 is 0 Å². The number of aliphatic imine (C=N–C) groups is 2. The Kier molecular flexibility index (Phi) is 2.68. The molecular weight excluding hydrogens is 144 g/mol. The van der Waals surface area contributed by atoms with Crippen LogP contribution < -0.4 is 0 Å². The Hall–Kier alpha value is -0.570. The van der Waals surface area contributed by atoms with E-state index >= 15 is 0 Å². The number of nitrogens with zero attached hydrogens (tertiary/aromatic N) is 2. The van der Waals surface area contributed by atoms with Crippen LogP contribution in [0.1, 0.15) is 13.8 Å². The summed E-state index contributed by atoms with van der Waals surface area (Å²) in [6, 6.07) is 0. The quantitative estimate of drug-likeness (QED) is 0.524. The van der Waals surface area contributed by atoms with Crippen molar-refractivity contribution in [2.45, 2.75) is 13.8 Å². The van der Waals surface area contributed by atoms with Crippen LogP contribution in [0.25, 0.3) is 0 Å². The molecule has 0 aromatic rings. The molecule has 0 aromatic carbocycles. The fourth-order valence-electron chi connectivity index (χ4n) is 0.677. The predicted molar refractivity (Wildman–Crippen MR) is 47.8 cm³/mol. The minimum Gasteiger partial charge on any atom is -0.262 e. The number of hydrogen-bond acceptors (Lipinski definition) is 3. The Morgan fingerprint density at radius 1 is 1.50 bits per heavy atom. The lowest BCUT2D eigenvalue weighted by Gasteiger charge is -1.99. The molecule has 1 heterocycles. The van der Waals surface area contributed by atoms with Gasteiger partial charge in [-0.2, -0.15) is 0 Å². The summed E-state index contributed by atoms with van der Waals surface area (Å²) in [6.45, 7) is 4.05. The predicted octanol–water partition coefficient (Wildman–Crippen LogP) is 2.08. The maximum Gasteiger partial charge on any atom is 0.111 e. The van der Waals surface area contributed by atoms with E-state index in [0.717, 1.165) is 11.6 Å². The maximum absolute atomic E-state index is 4.07. The van der Waals surface area contributed by atoms with E-state index in [4.69, 9.17) is 0 Å². The molecule has 1 rings (SSSR count). The first-order valence-electron chi connectivity index (χ1n) is 3.13. The molecule has 0 N–H and O–H groups in total. The summed E-state index contributed by atoms with van der Waals surface area (Å²) in [5.74, 6) is 0.791. The molecule has 0 atom stereocenters. The van der Waals surface area contributed by atoms with Crippen molar-refractivity contribution in [1.29, 1.82) is 0 Å². The normalized spacial score (nSPS) is 32.6. The van der Waals surface area contributed by atoms with E-state index < -0.39 is 0 Å². The minimum atomic E-state index is 0.791. The van der Waals surface area contributed by atoms with Gasteiger partial charge in [0.1, 0.15) is 6.34 Å². The number of allylic oxidation sites excluding steroid dienone is 2. The zero-order valence-corrected chi connectivity index (χ0v) is 6.98.